The monoisotopic (exact) mass is 332 g/mol. The molecule has 0 N–H and O–H groups in total. The van der Waals surface area contributed by atoms with Crippen LogP contribution < -0.4 is 4.90 Å². The highest BCUT2D eigenvalue weighted by molar-refractivity contribution is 5.79. The minimum Gasteiger partial charge on any atom is -0.364 e. The zero-order valence-electron chi connectivity index (χ0n) is 14.5. The Balaban J connectivity index is 1.64. The van der Waals surface area contributed by atoms with Gasteiger partial charge in [0.05, 0.1) is 12.1 Å². The third-order valence-electron chi connectivity index (χ3n) is 6.17. The highest BCUT2D eigenvalue weighted by atomic mass is 16.2. The van der Waals surface area contributed by atoms with Gasteiger partial charge in [-0.15, -0.1) is 0 Å². The molecule has 0 bridgehead atoms. The topological polar surface area (TPSA) is 23.6 Å². The first kappa shape index (κ1) is 15.0. The molecule has 2 aromatic carbocycles. The molecule has 2 aromatic rings. The standard InChI is InChI=1S/C22H24N2O/c25-22-12-6-14-24(22)21-15-20-17-9-2-1-7-16(17)8-5-13-23(20)19-11-4-3-10-18(19)21/h1-4,7,9-11,20-21H,5-6,8,12-15H2/t20-,21-/m1/s1. The molecule has 5 rings (SSSR count). The molecule has 0 unspecified atom stereocenters. The second kappa shape index (κ2) is 5.91. The van der Waals surface area contributed by atoms with Gasteiger partial charge in [-0.1, -0.05) is 42.5 Å². The van der Waals surface area contributed by atoms with E-state index in [0.717, 1.165) is 32.4 Å². The average molecular weight is 332 g/mol. The summed E-state index contributed by atoms with van der Waals surface area (Å²) in [6, 6.07) is 18.3. The summed E-state index contributed by atoms with van der Waals surface area (Å²) in [5.74, 6) is 0.329. The summed E-state index contributed by atoms with van der Waals surface area (Å²) in [5, 5.41) is 0. The molecule has 3 heterocycles. The lowest BCUT2D eigenvalue weighted by molar-refractivity contribution is -0.130. The van der Waals surface area contributed by atoms with Crippen molar-refractivity contribution in [1.29, 1.82) is 0 Å². The Kier molecular flexibility index (Phi) is 3.54. The quantitative estimate of drug-likeness (QED) is 0.779. The van der Waals surface area contributed by atoms with Crippen molar-refractivity contribution in [2.75, 3.05) is 18.0 Å². The van der Waals surface area contributed by atoms with Crippen molar-refractivity contribution in [3.8, 4) is 0 Å². The number of carbonyl (C=O) groups excluding carboxylic acids is 1. The summed E-state index contributed by atoms with van der Waals surface area (Å²) >= 11 is 0. The normalized spacial score (nSPS) is 25.2. The number of fused-ring (bicyclic) bond motifs is 5. The van der Waals surface area contributed by atoms with Crippen LogP contribution in [0, 0.1) is 0 Å². The smallest absolute Gasteiger partial charge is 0.223 e. The van der Waals surface area contributed by atoms with Gasteiger partial charge in [-0.25, -0.2) is 0 Å². The van der Waals surface area contributed by atoms with Crippen LogP contribution in [0.15, 0.2) is 48.5 Å². The van der Waals surface area contributed by atoms with Crippen LogP contribution >= 0.6 is 0 Å². The fourth-order valence-corrected chi connectivity index (χ4v) is 5.06. The predicted molar refractivity (Wildman–Crippen MR) is 99.6 cm³/mol. The number of hydrogen-bond acceptors (Lipinski definition) is 2. The molecule has 0 spiro atoms. The van der Waals surface area contributed by atoms with Gasteiger partial charge in [0.1, 0.15) is 0 Å². The minimum absolute atomic E-state index is 0.221. The Hall–Kier alpha value is -2.29. The molecular weight excluding hydrogens is 308 g/mol. The number of anilines is 1. The predicted octanol–water partition coefficient (Wildman–Crippen LogP) is 4.25. The van der Waals surface area contributed by atoms with Gasteiger partial charge in [0.25, 0.3) is 0 Å². The van der Waals surface area contributed by atoms with Crippen molar-refractivity contribution >= 4 is 11.6 Å². The minimum atomic E-state index is 0.221. The van der Waals surface area contributed by atoms with Crippen molar-refractivity contribution in [2.24, 2.45) is 0 Å². The maximum atomic E-state index is 12.5. The van der Waals surface area contributed by atoms with Crippen molar-refractivity contribution in [1.82, 2.24) is 4.90 Å². The van der Waals surface area contributed by atoms with E-state index in [0.29, 0.717) is 18.4 Å². The van der Waals surface area contributed by atoms with E-state index in [1.54, 1.807) is 0 Å². The van der Waals surface area contributed by atoms with Crippen LogP contribution in [-0.4, -0.2) is 23.9 Å². The van der Waals surface area contributed by atoms with Crippen molar-refractivity contribution in [2.45, 2.75) is 44.2 Å². The van der Waals surface area contributed by atoms with E-state index < -0.39 is 0 Å². The SMILES string of the molecule is O=C1CCCN1[C@@H]1C[C@@H]2c3ccccc3CCCN2c2ccccc21. The first-order valence-electron chi connectivity index (χ1n) is 9.56. The first-order valence-corrected chi connectivity index (χ1v) is 9.56. The third-order valence-corrected chi connectivity index (χ3v) is 6.17. The number of para-hydroxylation sites is 1. The van der Waals surface area contributed by atoms with E-state index >= 15 is 0 Å². The van der Waals surface area contributed by atoms with Crippen LogP contribution in [0.4, 0.5) is 5.69 Å². The lowest BCUT2D eigenvalue weighted by atomic mass is 9.85. The van der Waals surface area contributed by atoms with Gasteiger partial charge in [0, 0.05) is 25.2 Å². The van der Waals surface area contributed by atoms with Gasteiger partial charge in [0.2, 0.25) is 5.91 Å². The molecule has 3 aliphatic heterocycles. The van der Waals surface area contributed by atoms with E-state index in [9.17, 15) is 4.79 Å². The lowest BCUT2D eigenvalue weighted by Gasteiger charge is -2.44. The molecule has 1 saturated heterocycles. The third kappa shape index (κ3) is 2.37. The van der Waals surface area contributed by atoms with Crippen LogP contribution in [0.5, 0.6) is 0 Å². The van der Waals surface area contributed by atoms with E-state index in [2.05, 4.69) is 58.3 Å². The van der Waals surface area contributed by atoms with Gasteiger partial charge in [0.15, 0.2) is 0 Å². The summed E-state index contributed by atoms with van der Waals surface area (Å²) in [6.07, 6.45) is 5.07. The molecule has 0 aromatic heterocycles. The molecular formula is C22H24N2O. The van der Waals surface area contributed by atoms with E-state index in [4.69, 9.17) is 0 Å². The van der Waals surface area contributed by atoms with Crippen LogP contribution in [0.3, 0.4) is 0 Å². The number of rotatable bonds is 1. The number of likely N-dealkylation sites (tertiary alicyclic amines) is 1. The zero-order valence-corrected chi connectivity index (χ0v) is 14.5. The maximum Gasteiger partial charge on any atom is 0.223 e. The lowest BCUT2D eigenvalue weighted by Crippen LogP contribution is -2.40. The highest BCUT2D eigenvalue weighted by Crippen LogP contribution is 2.48. The summed E-state index contributed by atoms with van der Waals surface area (Å²) in [7, 11) is 0. The van der Waals surface area contributed by atoms with Crippen LogP contribution in [-0.2, 0) is 11.2 Å². The van der Waals surface area contributed by atoms with Crippen molar-refractivity contribution < 1.29 is 4.79 Å². The summed E-state index contributed by atoms with van der Waals surface area (Å²) in [6.45, 7) is 2.00. The van der Waals surface area contributed by atoms with Gasteiger partial charge < -0.3 is 9.80 Å². The Morgan fingerprint density at radius 2 is 1.44 bits per heavy atom. The Morgan fingerprint density at radius 1 is 0.760 bits per heavy atom. The molecule has 1 fully saturated rings. The average Bonchev–Trinajstić information content (AvgIpc) is 2.98. The molecule has 2 atom stereocenters. The first-order chi connectivity index (χ1) is 12.3. The van der Waals surface area contributed by atoms with Crippen LogP contribution in [0.25, 0.3) is 0 Å². The van der Waals surface area contributed by atoms with Crippen molar-refractivity contribution in [3.63, 3.8) is 0 Å². The second-order valence-electron chi connectivity index (χ2n) is 7.51. The maximum absolute atomic E-state index is 12.5. The molecule has 3 heteroatoms. The molecule has 0 radical (unpaired) electrons. The summed E-state index contributed by atoms with van der Waals surface area (Å²) < 4.78 is 0. The fourth-order valence-electron chi connectivity index (χ4n) is 5.06. The van der Waals surface area contributed by atoms with Crippen molar-refractivity contribution in [3.05, 3.63) is 65.2 Å². The number of carbonyl (C=O) groups is 1. The number of hydrogen-bond donors (Lipinski definition) is 0. The molecule has 3 aliphatic rings. The van der Waals surface area contributed by atoms with Gasteiger partial charge in [-0.2, -0.15) is 0 Å². The van der Waals surface area contributed by atoms with Gasteiger partial charge in [-0.05, 0) is 48.4 Å². The van der Waals surface area contributed by atoms with Crippen LogP contribution in [0.2, 0.25) is 0 Å². The highest BCUT2D eigenvalue weighted by Gasteiger charge is 2.40. The molecule has 128 valence electrons. The molecule has 0 saturated carbocycles. The molecule has 1 amide bonds. The van der Waals surface area contributed by atoms with E-state index in [1.165, 1.54) is 28.8 Å². The van der Waals surface area contributed by atoms with Gasteiger partial charge in [-0.3, -0.25) is 4.79 Å². The summed E-state index contributed by atoms with van der Waals surface area (Å²) in [5.41, 5.74) is 5.63. The number of amides is 1. The largest absolute Gasteiger partial charge is 0.364 e. The fraction of sp³-hybridized carbons (Fsp3) is 0.409. The van der Waals surface area contributed by atoms with E-state index in [1.807, 2.05) is 0 Å². The Morgan fingerprint density at radius 3 is 2.28 bits per heavy atom. The van der Waals surface area contributed by atoms with Crippen LogP contribution in [0.1, 0.15) is 54.5 Å². The van der Waals surface area contributed by atoms with E-state index in [-0.39, 0.29) is 6.04 Å². The molecule has 3 nitrogen and oxygen atoms in total. The van der Waals surface area contributed by atoms with Gasteiger partial charge >= 0.3 is 0 Å². The second-order valence-corrected chi connectivity index (χ2v) is 7.51. The number of benzene rings is 2. The number of aryl methyl sites for hydroxylation is 1. The Bertz CT molecular complexity index is 815. The summed E-state index contributed by atoms with van der Waals surface area (Å²) in [4.78, 5) is 17.2. The Labute approximate surface area is 149 Å². The molecule has 0 aliphatic carbocycles. The molecule has 25 heavy (non-hydrogen) atoms. The number of nitrogens with zero attached hydrogens (tertiary/aromatic N) is 2. The zero-order chi connectivity index (χ0) is 16.8.